The van der Waals surface area contributed by atoms with Crippen LogP contribution in [0.3, 0.4) is 0 Å². The van der Waals surface area contributed by atoms with Gasteiger partial charge in [0, 0.05) is 50.3 Å². The Labute approximate surface area is 328 Å². The molecule has 0 atom stereocenters. The molecule has 0 fully saturated rings. The lowest BCUT2D eigenvalue weighted by molar-refractivity contribution is 0.669. The summed E-state index contributed by atoms with van der Waals surface area (Å²) in [6, 6.07) is 66.2. The summed E-state index contributed by atoms with van der Waals surface area (Å²) in [5, 5.41) is 4.03. The standard InChI is InChI=1S/C51H32N4O2/c1-4-14-33(15-5-1)34-26-28-37(29-27-34)55(42-22-13-25-45-48(42)39-20-10-11-23-43(39)56-45)38-30-31-40-46(32-38)57-44-24-12-21-41(47(40)44)51-53-49(35-16-6-2-7-17-35)52-50(54-51)36-18-8-3-9-19-36/h1-32H. The van der Waals surface area contributed by atoms with Crippen molar-refractivity contribution in [3.8, 4) is 45.3 Å². The van der Waals surface area contributed by atoms with E-state index >= 15 is 0 Å². The summed E-state index contributed by atoms with van der Waals surface area (Å²) < 4.78 is 13.1. The molecule has 11 rings (SSSR count). The van der Waals surface area contributed by atoms with Gasteiger partial charge in [-0.1, -0.05) is 140 Å². The Balaban J connectivity index is 1.10. The summed E-state index contributed by atoms with van der Waals surface area (Å²) in [6.45, 7) is 0. The van der Waals surface area contributed by atoms with E-state index in [9.17, 15) is 0 Å². The topological polar surface area (TPSA) is 68.2 Å². The summed E-state index contributed by atoms with van der Waals surface area (Å²) in [7, 11) is 0. The summed E-state index contributed by atoms with van der Waals surface area (Å²) in [5.74, 6) is 1.81. The third-order valence-electron chi connectivity index (χ3n) is 10.5. The number of furan rings is 2. The van der Waals surface area contributed by atoms with Gasteiger partial charge in [0.05, 0.1) is 11.1 Å². The molecule has 0 aliphatic rings. The van der Waals surface area contributed by atoms with Gasteiger partial charge in [-0.15, -0.1) is 0 Å². The minimum atomic E-state index is 0.582. The number of anilines is 3. The summed E-state index contributed by atoms with van der Waals surface area (Å²) >= 11 is 0. The Kier molecular flexibility index (Phi) is 7.71. The highest BCUT2D eigenvalue weighted by atomic mass is 16.3. The van der Waals surface area contributed by atoms with Gasteiger partial charge in [-0.3, -0.25) is 0 Å². The summed E-state index contributed by atoms with van der Waals surface area (Å²) in [4.78, 5) is 17.3. The van der Waals surface area contributed by atoms with Gasteiger partial charge in [-0.2, -0.15) is 0 Å². The maximum absolute atomic E-state index is 6.71. The second-order valence-corrected chi connectivity index (χ2v) is 14.0. The minimum absolute atomic E-state index is 0.582. The van der Waals surface area contributed by atoms with Gasteiger partial charge in [0.25, 0.3) is 0 Å². The largest absolute Gasteiger partial charge is 0.456 e. The average molecular weight is 733 g/mol. The number of aromatic nitrogens is 3. The zero-order valence-corrected chi connectivity index (χ0v) is 30.6. The smallest absolute Gasteiger partial charge is 0.164 e. The van der Waals surface area contributed by atoms with E-state index in [4.69, 9.17) is 23.8 Å². The monoisotopic (exact) mass is 732 g/mol. The van der Waals surface area contributed by atoms with E-state index in [0.29, 0.717) is 17.5 Å². The number of para-hydroxylation sites is 1. The predicted molar refractivity (Wildman–Crippen MR) is 231 cm³/mol. The highest BCUT2D eigenvalue weighted by molar-refractivity contribution is 6.15. The molecule has 0 unspecified atom stereocenters. The van der Waals surface area contributed by atoms with E-state index in [1.165, 1.54) is 5.56 Å². The Hall–Kier alpha value is -7.83. The van der Waals surface area contributed by atoms with Crippen LogP contribution in [0.2, 0.25) is 0 Å². The molecule has 0 aliphatic carbocycles. The van der Waals surface area contributed by atoms with Crippen LogP contribution in [0, 0.1) is 0 Å². The van der Waals surface area contributed by atoms with Gasteiger partial charge in [0.1, 0.15) is 22.3 Å². The Bertz CT molecular complexity index is 3170. The molecule has 0 spiro atoms. The van der Waals surface area contributed by atoms with Crippen LogP contribution in [0.25, 0.3) is 89.2 Å². The molecule has 3 aromatic heterocycles. The number of hydrogen-bond acceptors (Lipinski definition) is 6. The average Bonchev–Trinajstić information content (AvgIpc) is 3.86. The lowest BCUT2D eigenvalue weighted by Crippen LogP contribution is -2.10. The van der Waals surface area contributed by atoms with Gasteiger partial charge in [-0.05, 0) is 59.7 Å². The van der Waals surface area contributed by atoms with Gasteiger partial charge in [0.15, 0.2) is 17.5 Å². The Morgan fingerprint density at radius 2 is 0.842 bits per heavy atom. The third kappa shape index (κ3) is 5.70. The van der Waals surface area contributed by atoms with Crippen LogP contribution in [0.1, 0.15) is 0 Å². The summed E-state index contributed by atoms with van der Waals surface area (Å²) in [6.07, 6.45) is 0. The van der Waals surface area contributed by atoms with Crippen molar-refractivity contribution in [2.45, 2.75) is 0 Å². The van der Waals surface area contributed by atoms with Gasteiger partial charge in [-0.25, -0.2) is 15.0 Å². The van der Waals surface area contributed by atoms with Crippen molar-refractivity contribution in [3.05, 3.63) is 194 Å². The van der Waals surface area contributed by atoms with Crippen molar-refractivity contribution in [3.63, 3.8) is 0 Å². The maximum Gasteiger partial charge on any atom is 0.164 e. The number of benzene rings is 8. The molecule has 3 heterocycles. The van der Waals surface area contributed by atoms with E-state index in [2.05, 4.69) is 102 Å². The van der Waals surface area contributed by atoms with E-state index in [1.807, 2.05) is 97.1 Å². The van der Waals surface area contributed by atoms with Crippen LogP contribution < -0.4 is 4.90 Å². The minimum Gasteiger partial charge on any atom is -0.456 e. The fraction of sp³-hybridized carbons (Fsp3) is 0. The second kappa shape index (κ2) is 13.5. The van der Waals surface area contributed by atoms with Gasteiger partial charge >= 0.3 is 0 Å². The maximum atomic E-state index is 6.71. The third-order valence-corrected chi connectivity index (χ3v) is 10.5. The molecular weight excluding hydrogens is 701 g/mol. The summed E-state index contributed by atoms with van der Waals surface area (Å²) in [5.41, 5.74) is 11.2. The van der Waals surface area contributed by atoms with Crippen LogP contribution in [0.4, 0.5) is 17.1 Å². The molecule has 0 aliphatic heterocycles. The van der Waals surface area contributed by atoms with E-state index in [1.54, 1.807) is 0 Å². The molecule has 0 bridgehead atoms. The van der Waals surface area contributed by atoms with Crippen molar-refractivity contribution in [2.24, 2.45) is 0 Å². The molecule has 6 nitrogen and oxygen atoms in total. The Morgan fingerprint density at radius 1 is 0.333 bits per heavy atom. The molecule has 11 aromatic rings. The first-order chi connectivity index (χ1) is 28.2. The molecule has 8 aromatic carbocycles. The first kappa shape index (κ1) is 32.6. The predicted octanol–water partition coefficient (Wildman–Crippen LogP) is 13.8. The fourth-order valence-corrected chi connectivity index (χ4v) is 7.87. The normalized spacial score (nSPS) is 11.5. The van der Waals surface area contributed by atoms with Crippen LogP contribution in [-0.2, 0) is 0 Å². The van der Waals surface area contributed by atoms with E-state index < -0.39 is 0 Å². The quantitative estimate of drug-likeness (QED) is 0.162. The Morgan fingerprint density at radius 3 is 1.54 bits per heavy atom. The number of fused-ring (bicyclic) bond motifs is 6. The fourth-order valence-electron chi connectivity index (χ4n) is 7.87. The lowest BCUT2D eigenvalue weighted by Gasteiger charge is -2.26. The zero-order chi connectivity index (χ0) is 37.7. The van der Waals surface area contributed by atoms with Crippen molar-refractivity contribution in [2.75, 3.05) is 4.90 Å². The molecular formula is C51H32N4O2. The van der Waals surface area contributed by atoms with Crippen molar-refractivity contribution < 1.29 is 8.83 Å². The number of hydrogen-bond donors (Lipinski definition) is 0. The lowest BCUT2D eigenvalue weighted by atomic mass is 10.0. The highest BCUT2D eigenvalue weighted by Crippen LogP contribution is 2.45. The molecule has 0 radical (unpaired) electrons. The van der Waals surface area contributed by atoms with Crippen molar-refractivity contribution in [1.29, 1.82) is 0 Å². The number of nitrogens with zero attached hydrogens (tertiary/aromatic N) is 4. The molecule has 0 saturated carbocycles. The van der Waals surface area contributed by atoms with Crippen LogP contribution in [0.15, 0.2) is 203 Å². The zero-order valence-electron chi connectivity index (χ0n) is 30.6. The molecule has 6 heteroatoms. The van der Waals surface area contributed by atoms with Crippen LogP contribution in [0.5, 0.6) is 0 Å². The second-order valence-electron chi connectivity index (χ2n) is 14.0. The van der Waals surface area contributed by atoms with E-state index in [-0.39, 0.29) is 0 Å². The van der Waals surface area contributed by atoms with Crippen LogP contribution >= 0.6 is 0 Å². The first-order valence-electron chi connectivity index (χ1n) is 18.9. The van der Waals surface area contributed by atoms with Crippen molar-refractivity contribution in [1.82, 2.24) is 15.0 Å². The van der Waals surface area contributed by atoms with Gasteiger partial charge in [0.2, 0.25) is 0 Å². The molecule has 0 N–H and O–H groups in total. The van der Waals surface area contributed by atoms with Gasteiger partial charge < -0.3 is 13.7 Å². The molecule has 0 saturated heterocycles. The highest BCUT2D eigenvalue weighted by Gasteiger charge is 2.22. The SMILES string of the molecule is c1ccc(-c2ccc(N(c3ccc4c(c3)oc3cccc(-c5nc(-c6ccccc6)nc(-c6ccccc6)n5)c34)c3cccc4oc5ccccc5c34)cc2)cc1. The van der Waals surface area contributed by atoms with Crippen molar-refractivity contribution >= 4 is 60.9 Å². The number of rotatable bonds is 7. The molecule has 268 valence electrons. The molecule has 0 amide bonds. The van der Waals surface area contributed by atoms with E-state index in [0.717, 1.165) is 83.2 Å². The van der Waals surface area contributed by atoms with Crippen LogP contribution in [-0.4, -0.2) is 15.0 Å². The first-order valence-corrected chi connectivity index (χ1v) is 18.9. The molecule has 57 heavy (non-hydrogen) atoms.